The molecule has 2 N–H and O–H groups in total. The molecule has 0 saturated heterocycles. The highest BCUT2D eigenvalue weighted by Crippen LogP contribution is 2.25. The van der Waals surface area contributed by atoms with Crippen molar-refractivity contribution in [3.63, 3.8) is 0 Å². The molecule has 0 atom stereocenters. The zero-order valence-corrected chi connectivity index (χ0v) is 9.77. The number of thiazole rings is 1. The van der Waals surface area contributed by atoms with Crippen LogP contribution in [-0.4, -0.2) is 4.98 Å². The van der Waals surface area contributed by atoms with Crippen LogP contribution < -0.4 is 5.73 Å². The lowest BCUT2D eigenvalue weighted by Crippen LogP contribution is -1.87. The number of aromatic nitrogens is 1. The molecule has 0 spiro atoms. The number of rotatable bonds is 2. The van der Waals surface area contributed by atoms with E-state index in [2.05, 4.69) is 37.0 Å². The summed E-state index contributed by atoms with van der Waals surface area (Å²) in [6.07, 6.45) is 1.05. The van der Waals surface area contributed by atoms with Crippen molar-refractivity contribution in [1.29, 1.82) is 0 Å². The van der Waals surface area contributed by atoms with E-state index < -0.39 is 0 Å². The molecule has 1 heterocycles. The molecular weight excluding hydrogens is 204 g/mol. The van der Waals surface area contributed by atoms with E-state index in [1.165, 1.54) is 28.0 Å². The highest BCUT2D eigenvalue weighted by Gasteiger charge is 2.04. The zero-order chi connectivity index (χ0) is 10.8. The van der Waals surface area contributed by atoms with E-state index in [4.69, 9.17) is 5.73 Å². The topological polar surface area (TPSA) is 38.9 Å². The molecule has 0 radical (unpaired) electrons. The lowest BCUT2D eigenvalue weighted by Gasteiger charge is -2.03. The predicted octanol–water partition coefficient (Wildman–Crippen LogP) is 3.26. The van der Waals surface area contributed by atoms with Gasteiger partial charge in [-0.25, -0.2) is 4.98 Å². The molecule has 3 heteroatoms. The molecular formula is C12H14N2S. The van der Waals surface area contributed by atoms with Gasteiger partial charge in [0.15, 0.2) is 5.13 Å². The second-order valence-electron chi connectivity index (χ2n) is 3.63. The maximum Gasteiger partial charge on any atom is 0.180 e. The van der Waals surface area contributed by atoms with Crippen LogP contribution in [0.2, 0.25) is 0 Å². The van der Waals surface area contributed by atoms with E-state index in [1.54, 1.807) is 0 Å². The van der Waals surface area contributed by atoms with E-state index in [-0.39, 0.29) is 0 Å². The van der Waals surface area contributed by atoms with Gasteiger partial charge in [-0.1, -0.05) is 18.6 Å². The summed E-state index contributed by atoms with van der Waals surface area (Å²) in [5, 5.41) is 2.63. The van der Waals surface area contributed by atoms with E-state index >= 15 is 0 Å². The average Bonchev–Trinajstić information content (AvgIpc) is 2.64. The third kappa shape index (κ3) is 2.18. The van der Waals surface area contributed by atoms with Gasteiger partial charge in [-0.15, -0.1) is 11.3 Å². The largest absolute Gasteiger partial charge is 0.375 e. The van der Waals surface area contributed by atoms with Gasteiger partial charge in [-0.05, 0) is 31.0 Å². The van der Waals surface area contributed by atoms with Crippen LogP contribution in [0.3, 0.4) is 0 Å². The number of nitrogen functional groups attached to an aromatic ring is 1. The van der Waals surface area contributed by atoms with Crippen molar-refractivity contribution in [2.24, 2.45) is 0 Å². The van der Waals surface area contributed by atoms with Crippen molar-refractivity contribution in [1.82, 2.24) is 4.98 Å². The molecule has 2 nitrogen and oxygen atoms in total. The van der Waals surface area contributed by atoms with Crippen molar-refractivity contribution < 1.29 is 0 Å². The van der Waals surface area contributed by atoms with Crippen LogP contribution in [0, 0.1) is 6.92 Å². The lowest BCUT2D eigenvalue weighted by atomic mass is 10.0. The maximum absolute atomic E-state index is 5.63. The Labute approximate surface area is 93.8 Å². The number of aryl methyl sites for hydroxylation is 2. The van der Waals surface area contributed by atoms with Crippen molar-refractivity contribution in [3.05, 3.63) is 34.7 Å². The Hall–Kier alpha value is -1.35. The standard InChI is InChI=1S/C12H14N2S/c1-3-9-4-8(2)5-10(6-9)11-7-15-12(13)14-11/h4-7H,3H2,1-2H3,(H2,13,14). The van der Waals surface area contributed by atoms with Gasteiger partial charge in [-0.3, -0.25) is 0 Å². The van der Waals surface area contributed by atoms with Crippen LogP contribution in [0.15, 0.2) is 23.6 Å². The minimum absolute atomic E-state index is 0.629. The van der Waals surface area contributed by atoms with E-state index in [0.717, 1.165) is 12.1 Å². The Kier molecular flexibility index (Phi) is 2.73. The summed E-state index contributed by atoms with van der Waals surface area (Å²) >= 11 is 1.49. The van der Waals surface area contributed by atoms with Gasteiger partial charge < -0.3 is 5.73 Å². The highest BCUT2D eigenvalue weighted by atomic mass is 32.1. The average molecular weight is 218 g/mol. The molecule has 2 rings (SSSR count). The first-order valence-corrected chi connectivity index (χ1v) is 5.89. The van der Waals surface area contributed by atoms with Crippen LogP contribution in [0.1, 0.15) is 18.1 Å². The smallest absolute Gasteiger partial charge is 0.180 e. The Morgan fingerprint density at radius 1 is 1.33 bits per heavy atom. The fourth-order valence-corrected chi connectivity index (χ4v) is 2.21. The first-order chi connectivity index (χ1) is 7.19. The molecule has 0 aliphatic heterocycles. The Balaban J connectivity index is 2.48. The van der Waals surface area contributed by atoms with E-state index in [0.29, 0.717) is 5.13 Å². The molecule has 0 saturated carbocycles. The Bertz CT molecular complexity index is 474. The van der Waals surface area contributed by atoms with E-state index in [9.17, 15) is 0 Å². The van der Waals surface area contributed by atoms with Gasteiger partial charge in [0.05, 0.1) is 5.69 Å². The van der Waals surface area contributed by atoms with Crippen molar-refractivity contribution >= 4 is 16.5 Å². The SMILES string of the molecule is CCc1cc(C)cc(-c2csc(N)n2)c1. The Morgan fingerprint density at radius 2 is 2.13 bits per heavy atom. The van der Waals surface area contributed by atoms with Crippen LogP contribution in [0.4, 0.5) is 5.13 Å². The first kappa shape index (κ1) is 10.2. The molecule has 0 fully saturated rings. The zero-order valence-electron chi connectivity index (χ0n) is 8.95. The molecule has 0 bridgehead atoms. The number of hydrogen-bond donors (Lipinski definition) is 1. The van der Waals surface area contributed by atoms with Gasteiger partial charge in [0.2, 0.25) is 0 Å². The fraction of sp³-hybridized carbons (Fsp3) is 0.250. The Morgan fingerprint density at radius 3 is 2.73 bits per heavy atom. The molecule has 0 amide bonds. The van der Waals surface area contributed by atoms with Gasteiger partial charge in [-0.2, -0.15) is 0 Å². The normalized spacial score (nSPS) is 10.5. The van der Waals surface area contributed by atoms with Gasteiger partial charge in [0, 0.05) is 10.9 Å². The lowest BCUT2D eigenvalue weighted by molar-refractivity contribution is 1.13. The summed E-state index contributed by atoms with van der Waals surface area (Å²) in [7, 11) is 0. The third-order valence-corrected chi connectivity index (χ3v) is 3.04. The monoisotopic (exact) mass is 218 g/mol. The molecule has 2 aromatic rings. The van der Waals surface area contributed by atoms with Crippen LogP contribution in [0.25, 0.3) is 11.3 Å². The number of benzene rings is 1. The molecule has 1 aromatic heterocycles. The van der Waals surface area contributed by atoms with Crippen LogP contribution >= 0.6 is 11.3 Å². The molecule has 0 aliphatic carbocycles. The summed E-state index contributed by atoms with van der Waals surface area (Å²) in [6.45, 7) is 4.27. The first-order valence-electron chi connectivity index (χ1n) is 5.01. The highest BCUT2D eigenvalue weighted by molar-refractivity contribution is 7.13. The van der Waals surface area contributed by atoms with Gasteiger partial charge >= 0.3 is 0 Å². The summed E-state index contributed by atoms with van der Waals surface area (Å²) in [5.41, 5.74) is 10.4. The summed E-state index contributed by atoms with van der Waals surface area (Å²) < 4.78 is 0. The summed E-state index contributed by atoms with van der Waals surface area (Å²) in [4.78, 5) is 4.29. The van der Waals surface area contributed by atoms with Crippen molar-refractivity contribution in [3.8, 4) is 11.3 Å². The number of hydrogen-bond acceptors (Lipinski definition) is 3. The number of nitrogens with zero attached hydrogens (tertiary/aromatic N) is 1. The van der Waals surface area contributed by atoms with Crippen LogP contribution in [0.5, 0.6) is 0 Å². The molecule has 0 unspecified atom stereocenters. The predicted molar refractivity (Wildman–Crippen MR) is 66.1 cm³/mol. The number of nitrogens with two attached hydrogens (primary N) is 1. The molecule has 1 aromatic carbocycles. The molecule has 15 heavy (non-hydrogen) atoms. The minimum Gasteiger partial charge on any atom is -0.375 e. The quantitative estimate of drug-likeness (QED) is 0.840. The summed E-state index contributed by atoms with van der Waals surface area (Å²) in [5.74, 6) is 0. The van der Waals surface area contributed by atoms with Gasteiger partial charge in [0.1, 0.15) is 0 Å². The third-order valence-electron chi connectivity index (χ3n) is 2.36. The number of anilines is 1. The van der Waals surface area contributed by atoms with Crippen molar-refractivity contribution in [2.75, 3.05) is 5.73 Å². The maximum atomic E-state index is 5.63. The summed E-state index contributed by atoms with van der Waals surface area (Å²) in [6, 6.07) is 6.54. The molecule has 0 aliphatic rings. The van der Waals surface area contributed by atoms with Crippen molar-refractivity contribution in [2.45, 2.75) is 20.3 Å². The fourth-order valence-electron chi connectivity index (χ4n) is 1.63. The van der Waals surface area contributed by atoms with Crippen LogP contribution in [-0.2, 0) is 6.42 Å². The minimum atomic E-state index is 0.629. The second kappa shape index (κ2) is 4.03. The second-order valence-corrected chi connectivity index (χ2v) is 4.52. The van der Waals surface area contributed by atoms with E-state index in [1.807, 2.05) is 5.38 Å². The van der Waals surface area contributed by atoms with Gasteiger partial charge in [0.25, 0.3) is 0 Å². The molecule has 78 valence electrons.